The molecule has 0 saturated heterocycles. The third-order valence-corrected chi connectivity index (χ3v) is 4.85. The number of methoxy groups -OCH3 is 1. The molecule has 0 aliphatic rings. The number of thiophene rings is 1. The zero-order valence-corrected chi connectivity index (χ0v) is 15.1. The van der Waals surface area contributed by atoms with Gasteiger partial charge in [-0.05, 0) is 46.8 Å². The normalized spacial score (nSPS) is 12.6. The molecule has 0 amide bonds. The average Bonchev–Trinajstić information content (AvgIpc) is 3.09. The van der Waals surface area contributed by atoms with Gasteiger partial charge in [0.15, 0.2) is 0 Å². The first kappa shape index (κ1) is 16.5. The maximum Gasteiger partial charge on any atom is 0.134 e. The van der Waals surface area contributed by atoms with Crippen molar-refractivity contribution in [1.29, 1.82) is 0 Å². The molecule has 2 aromatic rings. The van der Waals surface area contributed by atoms with Crippen molar-refractivity contribution < 1.29 is 4.74 Å². The van der Waals surface area contributed by atoms with Crippen LogP contribution in [0.3, 0.4) is 0 Å². The first-order chi connectivity index (χ1) is 10.2. The Labute approximate surface area is 138 Å². The van der Waals surface area contributed by atoms with Crippen LogP contribution in [-0.4, -0.2) is 23.4 Å². The van der Waals surface area contributed by atoms with E-state index >= 15 is 0 Å². The average molecular weight is 372 g/mol. The van der Waals surface area contributed by atoms with Crippen LogP contribution in [0, 0.1) is 0 Å². The molecule has 1 unspecified atom stereocenters. The van der Waals surface area contributed by atoms with Gasteiger partial charge in [-0.1, -0.05) is 13.8 Å². The van der Waals surface area contributed by atoms with Crippen LogP contribution in [0.5, 0.6) is 5.75 Å². The molecule has 1 atom stereocenters. The molecule has 1 N–H and O–H groups in total. The van der Waals surface area contributed by atoms with Crippen LogP contribution >= 0.6 is 27.3 Å². The van der Waals surface area contributed by atoms with Crippen molar-refractivity contribution in [3.63, 3.8) is 0 Å². The summed E-state index contributed by atoms with van der Waals surface area (Å²) in [6.45, 7) is 6.21. The van der Waals surface area contributed by atoms with E-state index < -0.39 is 0 Å². The van der Waals surface area contributed by atoms with Crippen molar-refractivity contribution in [2.75, 3.05) is 13.7 Å². The van der Waals surface area contributed by atoms with E-state index in [1.807, 2.05) is 12.3 Å². The molecule has 0 aromatic carbocycles. The molecule has 0 aliphatic heterocycles. The molecule has 21 heavy (non-hydrogen) atoms. The third-order valence-electron chi connectivity index (χ3n) is 3.28. The quantitative estimate of drug-likeness (QED) is 0.754. The van der Waals surface area contributed by atoms with Crippen molar-refractivity contribution in [2.24, 2.45) is 0 Å². The Morgan fingerprint density at radius 1 is 1.43 bits per heavy atom. The topological polar surface area (TPSA) is 39.1 Å². The lowest BCUT2D eigenvalue weighted by atomic mass is 10.1. The Balaban J connectivity index is 2.43. The summed E-state index contributed by atoms with van der Waals surface area (Å²) in [6, 6.07) is 2.12. The van der Waals surface area contributed by atoms with Gasteiger partial charge in [-0.2, -0.15) is 5.10 Å². The number of hydrogen-bond acceptors (Lipinski definition) is 4. The zero-order valence-electron chi connectivity index (χ0n) is 12.7. The van der Waals surface area contributed by atoms with Gasteiger partial charge in [-0.25, -0.2) is 0 Å². The molecule has 0 bridgehead atoms. The van der Waals surface area contributed by atoms with Gasteiger partial charge in [0.05, 0.1) is 34.4 Å². The van der Waals surface area contributed by atoms with Gasteiger partial charge in [-0.3, -0.25) is 4.68 Å². The lowest BCUT2D eigenvalue weighted by Gasteiger charge is -2.20. The van der Waals surface area contributed by atoms with Crippen molar-refractivity contribution in [3.05, 3.63) is 32.7 Å². The summed E-state index contributed by atoms with van der Waals surface area (Å²) < 4.78 is 8.63. The Morgan fingerprint density at radius 2 is 2.24 bits per heavy atom. The fraction of sp³-hybridized carbons (Fsp3) is 0.533. The van der Waals surface area contributed by atoms with E-state index in [-0.39, 0.29) is 6.04 Å². The Kier molecular flexibility index (Phi) is 6.26. The minimum absolute atomic E-state index is 0.100. The lowest BCUT2D eigenvalue weighted by molar-refractivity contribution is 0.404. The van der Waals surface area contributed by atoms with Crippen LogP contribution in [0.1, 0.15) is 43.3 Å². The predicted molar refractivity (Wildman–Crippen MR) is 91.2 cm³/mol. The molecule has 6 heteroatoms. The van der Waals surface area contributed by atoms with Crippen molar-refractivity contribution in [2.45, 2.75) is 39.3 Å². The summed E-state index contributed by atoms with van der Waals surface area (Å²) in [5.74, 6) is 0.935. The first-order valence-electron chi connectivity index (χ1n) is 7.28. The number of nitrogens with one attached hydrogen (secondary N) is 1. The highest BCUT2D eigenvalue weighted by molar-refractivity contribution is 9.10. The first-order valence-corrected chi connectivity index (χ1v) is 8.96. The fourth-order valence-electron chi connectivity index (χ4n) is 2.34. The maximum atomic E-state index is 5.51. The molecule has 0 saturated carbocycles. The van der Waals surface area contributed by atoms with Gasteiger partial charge in [0, 0.05) is 6.54 Å². The van der Waals surface area contributed by atoms with Crippen LogP contribution < -0.4 is 10.1 Å². The van der Waals surface area contributed by atoms with Crippen LogP contribution in [0.15, 0.2) is 22.1 Å². The fourth-order valence-corrected chi connectivity index (χ4v) is 3.80. The highest BCUT2D eigenvalue weighted by atomic mass is 79.9. The highest BCUT2D eigenvalue weighted by Crippen LogP contribution is 2.37. The summed E-state index contributed by atoms with van der Waals surface area (Å²) in [7, 11) is 1.72. The second-order valence-electron chi connectivity index (χ2n) is 4.84. The lowest BCUT2D eigenvalue weighted by Crippen LogP contribution is -2.26. The molecule has 116 valence electrons. The monoisotopic (exact) mass is 371 g/mol. The van der Waals surface area contributed by atoms with Gasteiger partial charge >= 0.3 is 0 Å². The van der Waals surface area contributed by atoms with E-state index in [0.717, 1.165) is 36.2 Å². The molecule has 4 nitrogen and oxygen atoms in total. The number of rotatable bonds is 8. The summed E-state index contributed by atoms with van der Waals surface area (Å²) >= 11 is 5.37. The van der Waals surface area contributed by atoms with Crippen LogP contribution in [0.2, 0.25) is 0 Å². The SMILES string of the molecule is CCCNC(c1sccc1OC)c1c(Br)cnn1CCC. The van der Waals surface area contributed by atoms with Gasteiger partial charge in [-0.15, -0.1) is 11.3 Å². The molecular formula is C15H22BrN3OS. The van der Waals surface area contributed by atoms with Gasteiger partial charge in [0.25, 0.3) is 0 Å². The van der Waals surface area contributed by atoms with Crippen molar-refractivity contribution >= 4 is 27.3 Å². The van der Waals surface area contributed by atoms with Gasteiger partial charge in [0.2, 0.25) is 0 Å². The van der Waals surface area contributed by atoms with E-state index in [0.29, 0.717) is 0 Å². The molecular weight excluding hydrogens is 350 g/mol. The molecule has 0 aliphatic carbocycles. The Morgan fingerprint density at radius 3 is 2.90 bits per heavy atom. The largest absolute Gasteiger partial charge is 0.496 e. The summed E-state index contributed by atoms with van der Waals surface area (Å²) in [5.41, 5.74) is 1.17. The number of ether oxygens (including phenoxy) is 1. The second-order valence-corrected chi connectivity index (χ2v) is 6.64. The molecule has 0 spiro atoms. The van der Waals surface area contributed by atoms with Gasteiger partial charge in [0.1, 0.15) is 5.75 Å². The van der Waals surface area contributed by atoms with Crippen molar-refractivity contribution in [3.8, 4) is 5.75 Å². The van der Waals surface area contributed by atoms with Crippen LogP contribution in [0.25, 0.3) is 0 Å². The minimum atomic E-state index is 0.100. The van der Waals surface area contributed by atoms with E-state index in [1.54, 1.807) is 18.4 Å². The predicted octanol–water partition coefficient (Wildman–Crippen LogP) is 4.21. The summed E-state index contributed by atoms with van der Waals surface area (Å²) in [4.78, 5) is 1.20. The third kappa shape index (κ3) is 3.67. The second kappa shape index (κ2) is 7.96. The molecule has 0 radical (unpaired) electrons. The molecule has 2 heterocycles. The smallest absolute Gasteiger partial charge is 0.134 e. The number of halogens is 1. The minimum Gasteiger partial charge on any atom is -0.496 e. The standard InChI is InChI=1S/C15H22BrN3OS/c1-4-7-17-13(15-12(20-3)6-9-21-15)14-11(16)10-18-19(14)8-5-2/h6,9-10,13,17H,4-5,7-8H2,1-3H3. The number of hydrogen-bond donors (Lipinski definition) is 1. The van der Waals surface area contributed by atoms with Crippen LogP contribution in [0.4, 0.5) is 0 Å². The van der Waals surface area contributed by atoms with E-state index in [2.05, 4.69) is 50.3 Å². The maximum absolute atomic E-state index is 5.51. The van der Waals surface area contributed by atoms with E-state index in [9.17, 15) is 0 Å². The molecule has 2 aromatic heterocycles. The summed E-state index contributed by atoms with van der Waals surface area (Å²) in [6.07, 6.45) is 4.03. The summed E-state index contributed by atoms with van der Waals surface area (Å²) in [5, 5.41) is 10.2. The van der Waals surface area contributed by atoms with Crippen molar-refractivity contribution in [1.82, 2.24) is 15.1 Å². The van der Waals surface area contributed by atoms with Gasteiger partial charge < -0.3 is 10.1 Å². The number of aryl methyl sites for hydroxylation is 1. The highest BCUT2D eigenvalue weighted by Gasteiger charge is 2.25. The Hall–Kier alpha value is -0.850. The van der Waals surface area contributed by atoms with E-state index in [4.69, 9.17) is 4.74 Å². The number of aromatic nitrogens is 2. The zero-order chi connectivity index (χ0) is 15.2. The number of nitrogens with zero attached hydrogens (tertiary/aromatic N) is 2. The molecule has 2 rings (SSSR count). The molecule has 0 fully saturated rings. The Bertz CT molecular complexity index is 567. The van der Waals surface area contributed by atoms with E-state index in [1.165, 1.54) is 10.6 Å². The van der Waals surface area contributed by atoms with Crippen LogP contribution in [-0.2, 0) is 6.54 Å².